The number of benzene rings is 3. The zero-order valence-electron chi connectivity index (χ0n) is 37.3. The van der Waals surface area contributed by atoms with E-state index < -0.39 is 12.4 Å². The van der Waals surface area contributed by atoms with Crippen LogP contribution in [0, 0.1) is 52.3 Å². The fourth-order valence-corrected chi connectivity index (χ4v) is 13.5. The first-order valence-electron chi connectivity index (χ1n) is 23.9. The summed E-state index contributed by atoms with van der Waals surface area (Å²) in [6.45, 7) is 16.3. The summed E-state index contributed by atoms with van der Waals surface area (Å²) in [7, 11) is 0. The molecule has 1 heterocycles. The third kappa shape index (κ3) is 9.61. The van der Waals surface area contributed by atoms with Crippen LogP contribution in [-0.4, -0.2) is 36.8 Å². The van der Waals surface area contributed by atoms with Crippen molar-refractivity contribution in [1.82, 2.24) is 0 Å². The molecule has 14 atom stereocenters. The van der Waals surface area contributed by atoms with Crippen molar-refractivity contribution in [2.75, 3.05) is 0 Å². The van der Waals surface area contributed by atoms with Crippen LogP contribution < -0.4 is 0 Å². The number of hydrogen-bond acceptors (Lipinski definition) is 5. The second-order valence-corrected chi connectivity index (χ2v) is 20.7. The van der Waals surface area contributed by atoms with E-state index in [0.29, 0.717) is 36.6 Å². The average Bonchev–Trinajstić information content (AvgIpc) is 3.60. The largest absolute Gasteiger partial charge is 0.368 e. The van der Waals surface area contributed by atoms with Crippen molar-refractivity contribution in [1.29, 1.82) is 0 Å². The van der Waals surface area contributed by atoms with Crippen LogP contribution in [0.25, 0.3) is 0 Å². The fraction of sp³-hybridized carbons (Fsp3) is 0.667. The lowest BCUT2D eigenvalue weighted by Gasteiger charge is -2.61. The highest BCUT2D eigenvalue weighted by atomic mass is 16.7. The average molecular weight is 805 g/mol. The van der Waals surface area contributed by atoms with Gasteiger partial charge in [0.25, 0.3) is 0 Å². The zero-order chi connectivity index (χ0) is 41.0. The Morgan fingerprint density at radius 1 is 0.610 bits per heavy atom. The summed E-state index contributed by atoms with van der Waals surface area (Å²) in [6.07, 6.45) is 14.3. The SMILES string of the molecule is CC(C)CCC[C@@H](C)[C@H]1CC[C@H]2[C@@H]3CC[C@H]4C[C@@H](O[C@H]5O[C@@H](C)[C@H](OCc6ccccc6)[C@@H](OCc6ccccc6)[C@H]5OCc5ccccc5)CC[C@]4(C)[C@H]3CC[C@]12C. The number of fused-ring (bicyclic) bond motifs is 5. The van der Waals surface area contributed by atoms with Gasteiger partial charge in [-0.15, -0.1) is 0 Å². The summed E-state index contributed by atoms with van der Waals surface area (Å²) in [4.78, 5) is 0. The summed E-state index contributed by atoms with van der Waals surface area (Å²) < 4.78 is 34.7. The van der Waals surface area contributed by atoms with E-state index in [1.807, 2.05) is 6.07 Å². The van der Waals surface area contributed by atoms with Crippen LogP contribution in [-0.2, 0) is 43.5 Å². The predicted molar refractivity (Wildman–Crippen MR) is 237 cm³/mol. The molecule has 3 aromatic rings. The normalized spacial score (nSPS) is 37.4. The fourth-order valence-electron chi connectivity index (χ4n) is 13.5. The molecule has 5 heteroatoms. The molecule has 59 heavy (non-hydrogen) atoms. The summed E-state index contributed by atoms with van der Waals surface area (Å²) in [5.74, 6) is 5.94. The third-order valence-electron chi connectivity index (χ3n) is 16.7. The van der Waals surface area contributed by atoms with E-state index in [4.69, 9.17) is 23.7 Å². The minimum absolute atomic E-state index is 0.137. The van der Waals surface area contributed by atoms with Crippen molar-refractivity contribution in [3.8, 4) is 0 Å². The van der Waals surface area contributed by atoms with Crippen LogP contribution in [0.4, 0.5) is 0 Å². The smallest absolute Gasteiger partial charge is 0.187 e. The van der Waals surface area contributed by atoms with E-state index in [1.54, 1.807) is 0 Å². The zero-order valence-corrected chi connectivity index (χ0v) is 37.3. The van der Waals surface area contributed by atoms with Gasteiger partial charge in [-0.3, -0.25) is 0 Å². The Hall–Kier alpha value is -2.54. The second-order valence-electron chi connectivity index (χ2n) is 20.7. The van der Waals surface area contributed by atoms with Gasteiger partial charge in [-0.1, -0.05) is 145 Å². The van der Waals surface area contributed by atoms with Gasteiger partial charge in [-0.05, 0) is 134 Å². The Bertz CT molecular complexity index is 1720. The molecule has 0 unspecified atom stereocenters. The quantitative estimate of drug-likeness (QED) is 0.135. The van der Waals surface area contributed by atoms with E-state index in [-0.39, 0.29) is 24.4 Å². The van der Waals surface area contributed by atoms with Gasteiger partial charge in [0, 0.05) is 0 Å². The molecular weight excluding hydrogens is 729 g/mol. The number of hydrogen-bond donors (Lipinski definition) is 0. The molecule has 5 nitrogen and oxygen atoms in total. The maximum atomic E-state index is 7.22. The van der Waals surface area contributed by atoms with Gasteiger partial charge in [-0.25, -0.2) is 0 Å². The number of ether oxygens (including phenoxy) is 5. The minimum atomic E-state index is -0.551. The van der Waals surface area contributed by atoms with Crippen molar-refractivity contribution in [3.05, 3.63) is 108 Å². The molecule has 5 aliphatic rings. The van der Waals surface area contributed by atoms with Crippen LogP contribution in [0.15, 0.2) is 91.0 Å². The lowest BCUT2D eigenvalue weighted by atomic mass is 9.44. The van der Waals surface area contributed by atoms with Crippen molar-refractivity contribution in [2.45, 2.75) is 175 Å². The highest BCUT2D eigenvalue weighted by Gasteiger charge is 2.61. The van der Waals surface area contributed by atoms with E-state index in [0.717, 1.165) is 65.0 Å². The molecule has 0 amide bonds. The van der Waals surface area contributed by atoms with Gasteiger partial charge in [0.05, 0.1) is 32.0 Å². The van der Waals surface area contributed by atoms with Crippen molar-refractivity contribution < 1.29 is 23.7 Å². The van der Waals surface area contributed by atoms with E-state index in [1.165, 1.54) is 64.2 Å². The molecule has 0 spiro atoms. The first-order chi connectivity index (χ1) is 28.6. The molecule has 4 aliphatic carbocycles. The maximum absolute atomic E-state index is 7.22. The van der Waals surface area contributed by atoms with Gasteiger partial charge < -0.3 is 23.7 Å². The maximum Gasteiger partial charge on any atom is 0.187 e. The molecule has 4 saturated carbocycles. The Morgan fingerprint density at radius 3 is 1.78 bits per heavy atom. The Labute approximate surface area is 357 Å². The summed E-state index contributed by atoms with van der Waals surface area (Å²) >= 11 is 0. The highest BCUT2D eigenvalue weighted by Crippen LogP contribution is 2.68. The summed E-state index contributed by atoms with van der Waals surface area (Å²) in [5.41, 5.74) is 4.31. The van der Waals surface area contributed by atoms with Gasteiger partial charge in [0.2, 0.25) is 0 Å². The van der Waals surface area contributed by atoms with E-state index in [9.17, 15) is 0 Å². The first kappa shape index (κ1) is 43.1. The molecule has 1 aliphatic heterocycles. The Kier molecular flexibility index (Phi) is 14.1. The summed E-state index contributed by atoms with van der Waals surface area (Å²) in [5, 5.41) is 0. The second kappa shape index (κ2) is 19.2. The topological polar surface area (TPSA) is 46.2 Å². The monoisotopic (exact) mass is 805 g/mol. The molecule has 5 fully saturated rings. The molecule has 0 aromatic heterocycles. The van der Waals surface area contributed by atoms with Gasteiger partial charge in [-0.2, -0.15) is 0 Å². The van der Waals surface area contributed by atoms with Crippen LogP contribution >= 0.6 is 0 Å². The lowest BCUT2D eigenvalue weighted by molar-refractivity contribution is -0.332. The van der Waals surface area contributed by atoms with E-state index in [2.05, 4.69) is 126 Å². The number of rotatable bonds is 16. The van der Waals surface area contributed by atoms with Crippen molar-refractivity contribution in [2.24, 2.45) is 52.3 Å². The van der Waals surface area contributed by atoms with Crippen LogP contribution in [0.3, 0.4) is 0 Å². The lowest BCUT2D eigenvalue weighted by Crippen LogP contribution is -2.61. The minimum Gasteiger partial charge on any atom is -0.368 e. The molecular formula is C54H76O5. The van der Waals surface area contributed by atoms with Crippen LogP contribution in [0.2, 0.25) is 0 Å². The van der Waals surface area contributed by atoms with Crippen molar-refractivity contribution >= 4 is 0 Å². The predicted octanol–water partition coefficient (Wildman–Crippen LogP) is 13.0. The summed E-state index contributed by atoms with van der Waals surface area (Å²) in [6, 6.07) is 31.3. The molecule has 322 valence electrons. The molecule has 0 N–H and O–H groups in total. The van der Waals surface area contributed by atoms with Gasteiger partial charge >= 0.3 is 0 Å². The van der Waals surface area contributed by atoms with Crippen molar-refractivity contribution in [3.63, 3.8) is 0 Å². The van der Waals surface area contributed by atoms with Gasteiger partial charge in [0.15, 0.2) is 6.29 Å². The third-order valence-corrected chi connectivity index (χ3v) is 16.7. The molecule has 8 rings (SSSR count). The highest BCUT2D eigenvalue weighted by molar-refractivity contribution is 5.16. The van der Waals surface area contributed by atoms with E-state index >= 15 is 0 Å². The first-order valence-corrected chi connectivity index (χ1v) is 23.9. The Balaban J connectivity index is 0.968. The molecule has 0 bridgehead atoms. The Morgan fingerprint density at radius 2 is 1.17 bits per heavy atom. The molecule has 3 aromatic carbocycles. The van der Waals surface area contributed by atoms with Crippen LogP contribution in [0.1, 0.15) is 135 Å². The van der Waals surface area contributed by atoms with Gasteiger partial charge in [0.1, 0.15) is 18.3 Å². The standard InChI is InChI=1S/C54H76O5/c1-37(2)17-16-18-38(3)46-27-28-47-45-26-25-43-33-44(29-31-53(43,5)48(45)30-32-54(46,47)6)59-52-51(57-36-42-23-14-9-15-24-42)50(56-35-41-21-12-8-13-22-41)49(39(4)58-52)55-34-40-19-10-7-11-20-40/h7-15,19-24,37-39,43-52H,16-18,25-36H2,1-6H3/t38-,39+,43+,44+,45+,46-,47+,48+,49+,50-,51-,52-,53+,54-/m1/s1. The van der Waals surface area contributed by atoms with Crippen LogP contribution in [0.5, 0.6) is 0 Å². The molecule has 0 radical (unpaired) electrons. The molecule has 1 saturated heterocycles.